The molecular formula is C12H11FN2O2. The van der Waals surface area contributed by atoms with Gasteiger partial charge in [0.15, 0.2) is 0 Å². The van der Waals surface area contributed by atoms with E-state index in [1.807, 2.05) is 0 Å². The van der Waals surface area contributed by atoms with Crippen LogP contribution in [-0.2, 0) is 16.1 Å². The maximum absolute atomic E-state index is 13.1. The molecule has 1 aromatic carbocycles. The summed E-state index contributed by atoms with van der Waals surface area (Å²) in [6.07, 6.45) is 0.954. The Hall–Kier alpha value is -1.91. The summed E-state index contributed by atoms with van der Waals surface area (Å²) >= 11 is 0. The Labute approximate surface area is 97.4 Å². The standard InChI is InChI=1S/C12H11FN2O2/c13-8-2-1-7-6-15-10(3-4-11(15)16)12(17)14-9(7)5-8/h1-2,5,10H,3-4,6H2,(H,14,17). The number of nitrogens with one attached hydrogen (secondary N) is 1. The number of rotatable bonds is 0. The van der Waals surface area contributed by atoms with Gasteiger partial charge >= 0.3 is 0 Å². The lowest BCUT2D eigenvalue weighted by Gasteiger charge is -2.19. The van der Waals surface area contributed by atoms with Crippen molar-refractivity contribution in [3.63, 3.8) is 0 Å². The van der Waals surface area contributed by atoms with Crippen LogP contribution in [0.2, 0.25) is 0 Å². The second kappa shape index (κ2) is 3.55. The van der Waals surface area contributed by atoms with Crippen molar-refractivity contribution in [3.8, 4) is 0 Å². The van der Waals surface area contributed by atoms with E-state index in [0.29, 0.717) is 25.1 Å². The minimum absolute atomic E-state index is 0.0117. The van der Waals surface area contributed by atoms with Crippen molar-refractivity contribution in [2.75, 3.05) is 5.32 Å². The highest BCUT2D eigenvalue weighted by Gasteiger charge is 2.38. The van der Waals surface area contributed by atoms with Crippen molar-refractivity contribution >= 4 is 17.5 Å². The minimum Gasteiger partial charge on any atom is -0.326 e. The van der Waals surface area contributed by atoms with E-state index >= 15 is 0 Å². The number of anilines is 1. The Morgan fingerprint density at radius 1 is 1.35 bits per heavy atom. The Kier molecular flexibility index (Phi) is 2.14. The third-order valence-electron chi connectivity index (χ3n) is 3.30. The smallest absolute Gasteiger partial charge is 0.247 e. The first kappa shape index (κ1) is 10.3. The van der Waals surface area contributed by atoms with Crippen LogP contribution in [0.15, 0.2) is 18.2 Å². The number of benzene rings is 1. The molecule has 1 saturated heterocycles. The van der Waals surface area contributed by atoms with Crippen LogP contribution in [0.25, 0.3) is 0 Å². The fourth-order valence-electron chi connectivity index (χ4n) is 2.41. The second-order valence-corrected chi connectivity index (χ2v) is 4.37. The van der Waals surface area contributed by atoms with Crippen molar-refractivity contribution in [1.29, 1.82) is 0 Å². The topological polar surface area (TPSA) is 49.4 Å². The van der Waals surface area contributed by atoms with Crippen LogP contribution >= 0.6 is 0 Å². The minimum atomic E-state index is -0.405. The van der Waals surface area contributed by atoms with Crippen LogP contribution in [0.3, 0.4) is 0 Å². The van der Waals surface area contributed by atoms with Crippen LogP contribution in [0.5, 0.6) is 0 Å². The highest BCUT2D eigenvalue weighted by atomic mass is 19.1. The number of hydrogen-bond donors (Lipinski definition) is 1. The average Bonchev–Trinajstić information content (AvgIpc) is 2.57. The fraction of sp³-hybridized carbons (Fsp3) is 0.333. The number of hydrogen-bond acceptors (Lipinski definition) is 2. The summed E-state index contributed by atoms with van der Waals surface area (Å²) in [5, 5.41) is 2.68. The predicted molar refractivity (Wildman–Crippen MR) is 58.6 cm³/mol. The molecule has 0 aromatic heterocycles. The van der Waals surface area contributed by atoms with E-state index in [1.54, 1.807) is 11.0 Å². The average molecular weight is 234 g/mol. The SMILES string of the molecule is O=C1Nc2cc(F)ccc2CN2C(=O)CCC12. The first-order chi connectivity index (χ1) is 8.15. The van der Waals surface area contributed by atoms with E-state index in [2.05, 4.69) is 5.32 Å². The lowest BCUT2D eigenvalue weighted by molar-refractivity contribution is -0.133. The molecule has 3 rings (SSSR count). The number of nitrogens with zero attached hydrogens (tertiary/aromatic N) is 1. The monoisotopic (exact) mass is 234 g/mol. The van der Waals surface area contributed by atoms with Gasteiger partial charge in [0.1, 0.15) is 11.9 Å². The summed E-state index contributed by atoms with van der Waals surface area (Å²) in [6.45, 7) is 0.373. The number of amides is 2. The lowest BCUT2D eigenvalue weighted by atomic mass is 10.1. The zero-order valence-corrected chi connectivity index (χ0v) is 9.07. The maximum atomic E-state index is 13.1. The van der Waals surface area contributed by atoms with Gasteiger partial charge in [0.25, 0.3) is 0 Å². The highest BCUT2D eigenvalue weighted by Crippen LogP contribution is 2.29. The molecule has 1 unspecified atom stereocenters. The zero-order chi connectivity index (χ0) is 12.0. The van der Waals surface area contributed by atoms with Gasteiger partial charge < -0.3 is 10.2 Å². The Balaban J connectivity index is 2.04. The molecule has 2 heterocycles. The molecule has 1 atom stereocenters. The van der Waals surface area contributed by atoms with Gasteiger partial charge in [0, 0.05) is 18.7 Å². The Morgan fingerprint density at radius 2 is 2.18 bits per heavy atom. The molecule has 1 fully saturated rings. The second-order valence-electron chi connectivity index (χ2n) is 4.37. The van der Waals surface area contributed by atoms with E-state index < -0.39 is 11.9 Å². The van der Waals surface area contributed by atoms with E-state index in [-0.39, 0.29) is 11.8 Å². The number of fused-ring (bicyclic) bond motifs is 2. The van der Waals surface area contributed by atoms with Crippen LogP contribution in [-0.4, -0.2) is 22.8 Å². The molecule has 2 amide bonds. The molecule has 5 heteroatoms. The molecular weight excluding hydrogens is 223 g/mol. The molecule has 17 heavy (non-hydrogen) atoms. The first-order valence-electron chi connectivity index (χ1n) is 5.54. The third-order valence-corrected chi connectivity index (χ3v) is 3.30. The van der Waals surface area contributed by atoms with E-state index in [9.17, 15) is 14.0 Å². The Bertz CT molecular complexity index is 515. The van der Waals surface area contributed by atoms with Crippen LogP contribution in [0, 0.1) is 5.82 Å². The summed E-state index contributed by atoms with van der Waals surface area (Å²) in [4.78, 5) is 25.1. The molecule has 1 aromatic rings. The van der Waals surface area contributed by atoms with Crippen molar-refractivity contribution in [1.82, 2.24) is 4.90 Å². The van der Waals surface area contributed by atoms with Gasteiger partial charge in [-0.15, -0.1) is 0 Å². The van der Waals surface area contributed by atoms with Crippen LogP contribution in [0.1, 0.15) is 18.4 Å². The fourth-order valence-corrected chi connectivity index (χ4v) is 2.41. The van der Waals surface area contributed by atoms with Gasteiger partial charge in [-0.3, -0.25) is 9.59 Å². The van der Waals surface area contributed by atoms with Crippen molar-refractivity contribution in [2.45, 2.75) is 25.4 Å². The molecule has 1 N–H and O–H groups in total. The van der Waals surface area contributed by atoms with Gasteiger partial charge in [0.2, 0.25) is 11.8 Å². The normalized spacial score (nSPS) is 22.9. The van der Waals surface area contributed by atoms with Gasteiger partial charge in [-0.1, -0.05) is 6.07 Å². The van der Waals surface area contributed by atoms with Gasteiger partial charge in [-0.25, -0.2) is 4.39 Å². The quantitative estimate of drug-likeness (QED) is 0.734. The maximum Gasteiger partial charge on any atom is 0.247 e. The van der Waals surface area contributed by atoms with Crippen molar-refractivity contribution in [3.05, 3.63) is 29.6 Å². The number of carbonyl (C=O) groups is 2. The lowest BCUT2D eigenvalue weighted by Crippen LogP contribution is -2.38. The summed E-state index contributed by atoms with van der Waals surface area (Å²) in [7, 11) is 0. The van der Waals surface area contributed by atoms with Crippen molar-refractivity contribution < 1.29 is 14.0 Å². The summed E-state index contributed by atoms with van der Waals surface area (Å²) < 4.78 is 13.1. The molecule has 2 aliphatic heterocycles. The predicted octanol–water partition coefficient (Wildman–Crippen LogP) is 1.27. The highest BCUT2D eigenvalue weighted by molar-refractivity contribution is 6.00. The first-order valence-corrected chi connectivity index (χ1v) is 5.54. The van der Waals surface area contributed by atoms with Gasteiger partial charge in [-0.05, 0) is 24.1 Å². The largest absolute Gasteiger partial charge is 0.326 e. The molecule has 0 radical (unpaired) electrons. The van der Waals surface area contributed by atoms with Crippen molar-refractivity contribution in [2.24, 2.45) is 0 Å². The third kappa shape index (κ3) is 1.58. The van der Waals surface area contributed by atoms with Crippen LogP contribution in [0.4, 0.5) is 10.1 Å². The number of halogens is 1. The van der Waals surface area contributed by atoms with E-state index in [1.165, 1.54) is 12.1 Å². The molecule has 2 aliphatic rings. The molecule has 0 bridgehead atoms. The van der Waals surface area contributed by atoms with Gasteiger partial charge in [0.05, 0.1) is 0 Å². The summed E-state index contributed by atoms with van der Waals surface area (Å²) in [6, 6.07) is 3.84. The van der Waals surface area contributed by atoms with E-state index in [4.69, 9.17) is 0 Å². The summed E-state index contributed by atoms with van der Waals surface area (Å²) in [5.74, 6) is -0.625. The Morgan fingerprint density at radius 3 is 3.00 bits per heavy atom. The molecule has 88 valence electrons. The molecule has 0 aliphatic carbocycles. The summed E-state index contributed by atoms with van der Waals surface area (Å²) in [5.41, 5.74) is 1.25. The zero-order valence-electron chi connectivity index (χ0n) is 9.07. The molecule has 0 saturated carbocycles. The molecule has 4 nitrogen and oxygen atoms in total. The van der Waals surface area contributed by atoms with Gasteiger partial charge in [-0.2, -0.15) is 0 Å². The number of carbonyl (C=O) groups excluding carboxylic acids is 2. The molecule has 0 spiro atoms. The van der Waals surface area contributed by atoms with E-state index in [0.717, 1.165) is 5.56 Å². The van der Waals surface area contributed by atoms with Crippen LogP contribution < -0.4 is 5.32 Å².